The van der Waals surface area contributed by atoms with Crippen LogP contribution in [0.2, 0.25) is 0 Å². The largest absolute Gasteiger partial charge is 0.497 e. The van der Waals surface area contributed by atoms with Crippen LogP contribution in [0.4, 0.5) is 5.69 Å². The zero-order valence-electron chi connectivity index (χ0n) is 14.5. The Balaban J connectivity index is 1.32. The predicted octanol–water partition coefficient (Wildman–Crippen LogP) is 2.52. The highest BCUT2D eigenvalue weighted by Gasteiger charge is 2.56. The van der Waals surface area contributed by atoms with Gasteiger partial charge in [-0.1, -0.05) is 0 Å². The molecule has 1 saturated heterocycles. The molecule has 1 atom stereocenters. The Kier molecular flexibility index (Phi) is 5.97. The summed E-state index contributed by atoms with van der Waals surface area (Å²) >= 11 is 11.8. The highest BCUT2D eigenvalue weighted by atomic mass is 35.5. The van der Waals surface area contributed by atoms with E-state index in [1.165, 1.54) is 5.69 Å². The third kappa shape index (κ3) is 4.93. The number of halogens is 2. The fourth-order valence-electron chi connectivity index (χ4n) is 3.16. The fraction of sp³-hybridized carbons (Fsp3) is 0.611. The van der Waals surface area contributed by atoms with Gasteiger partial charge in [-0.05, 0) is 43.7 Å². The minimum Gasteiger partial charge on any atom is -0.497 e. The summed E-state index contributed by atoms with van der Waals surface area (Å²) in [6.45, 7) is 5.78. The number of nitrogens with one attached hydrogen (secondary N) is 1. The van der Waals surface area contributed by atoms with Gasteiger partial charge in [0.1, 0.15) is 10.1 Å². The first kappa shape index (κ1) is 18.6. The molecule has 0 radical (unpaired) electrons. The van der Waals surface area contributed by atoms with Crippen molar-refractivity contribution in [3.63, 3.8) is 0 Å². The predicted molar refractivity (Wildman–Crippen MR) is 102 cm³/mol. The lowest BCUT2D eigenvalue weighted by atomic mass is 10.2. The minimum absolute atomic E-state index is 0.0191. The SMILES string of the molecule is COc1ccc(N2CCN(CCCNC(=O)C3CC3(Cl)Cl)CC2)cc1. The number of alkyl halides is 2. The number of carbonyl (C=O) groups is 1. The first-order valence-corrected chi connectivity index (χ1v) is 9.52. The number of piperazine rings is 1. The van der Waals surface area contributed by atoms with Gasteiger partial charge >= 0.3 is 0 Å². The van der Waals surface area contributed by atoms with E-state index in [0.29, 0.717) is 13.0 Å². The van der Waals surface area contributed by atoms with Gasteiger partial charge in [-0.25, -0.2) is 0 Å². The number of benzene rings is 1. The first-order valence-electron chi connectivity index (χ1n) is 8.76. The van der Waals surface area contributed by atoms with Crippen LogP contribution in [0.3, 0.4) is 0 Å². The number of amides is 1. The lowest BCUT2D eigenvalue weighted by Gasteiger charge is -2.36. The Morgan fingerprint density at radius 1 is 1.24 bits per heavy atom. The molecule has 5 nitrogen and oxygen atoms in total. The van der Waals surface area contributed by atoms with E-state index in [1.807, 2.05) is 12.1 Å². The average molecular weight is 386 g/mol. The van der Waals surface area contributed by atoms with E-state index in [1.54, 1.807) is 7.11 Å². The third-order valence-corrected chi connectivity index (χ3v) is 5.74. The monoisotopic (exact) mass is 385 g/mol. The molecular weight excluding hydrogens is 361 g/mol. The standard InChI is InChI=1S/C18H25Cl2N3O2/c1-25-15-5-3-14(4-6-15)23-11-9-22(10-12-23)8-2-7-21-17(24)16-13-18(16,19)20/h3-6,16H,2,7-13H2,1H3,(H,21,24). The van der Waals surface area contributed by atoms with Crippen molar-refractivity contribution in [2.75, 3.05) is 51.3 Å². The van der Waals surface area contributed by atoms with E-state index in [9.17, 15) is 4.79 Å². The maximum absolute atomic E-state index is 11.8. The summed E-state index contributed by atoms with van der Waals surface area (Å²) in [4.78, 5) is 16.6. The number of methoxy groups -OCH3 is 1. The summed E-state index contributed by atoms with van der Waals surface area (Å²) in [7, 11) is 1.68. The third-order valence-electron chi connectivity index (χ3n) is 4.90. The fourth-order valence-corrected chi connectivity index (χ4v) is 3.66. The number of nitrogens with zero attached hydrogens (tertiary/aromatic N) is 2. The van der Waals surface area contributed by atoms with Gasteiger partial charge in [0.05, 0.1) is 13.0 Å². The molecule has 0 spiro atoms. The molecule has 1 amide bonds. The van der Waals surface area contributed by atoms with Crippen molar-refractivity contribution in [1.82, 2.24) is 10.2 Å². The van der Waals surface area contributed by atoms with Gasteiger partial charge in [0.2, 0.25) is 5.91 Å². The van der Waals surface area contributed by atoms with Crippen LogP contribution < -0.4 is 15.0 Å². The number of anilines is 1. The molecule has 1 heterocycles. The van der Waals surface area contributed by atoms with Gasteiger partial charge in [-0.2, -0.15) is 0 Å². The van der Waals surface area contributed by atoms with Crippen molar-refractivity contribution in [3.8, 4) is 5.75 Å². The van der Waals surface area contributed by atoms with E-state index in [-0.39, 0.29) is 11.8 Å². The van der Waals surface area contributed by atoms with Crippen LogP contribution in [0.1, 0.15) is 12.8 Å². The van der Waals surface area contributed by atoms with E-state index in [2.05, 4.69) is 27.2 Å². The van der Waals surface area contributed by atoms with Crippen LogP contribution in [-0.2, 0) is 4.79 Å². The number of carbonyl (C=O) groups excluding carboxylic acids is 1. The van der Waals surface area contributed by atoms with E-state index >= 15 is 0 Å². The Morgan fingerprint density at radius 3 is 2.44 bits per heavy atom. The quantitative estimate of drug-likeness (QED) is 0.578. The van der Waals surface area contributed by atoms with Gasteiger partial charge in [0, 0.05) is 38.4 Å². The molecule has 0 bridgehead atoms. The molecule has 1 aromatic carbocycles. The zero-order chi connectivity index (χ0) is 17.9. The second-order valence-corrected chi connectivity index (χ2v) is 8.23. The second kappa shape index (κ2) is 8.02. The van der Waals surface area contributed by atoms with Crippen LogP contribution in [0.25, 0.3) is 0 Å². The molecule has 1 aromatic rings. The summed E-state index contributed by atoms with van der Waals surface area (Å²) in [6.07, 6.45) is 1.51. The number of hydrogen-bond donors (Lipinski definition) is 1. The van der Waals surface area contributed by atoms with Crippen LogP contribution in [0, 0.1) is 5.92 Å². The second-order valence-electron chi connectivity index (χ2n) is 6.69. The number of hydrogen-bond acceptors (Lipinski definition) is 4. The number of rotatable bonds is 7. The summed E-state index contributed by atoms with van der Waals surface area (Å²) in [5.41, 5.74) is 1.24. The van der Waals surface area contributed by atoms with Crippen molar-refractivity contribution in [1.29, 1.82) is 0 Å². The molecule has 1 N–H and O–H groups in total. The molecular formula is C18H25Cl2N3O2. The van der Waals surface area contributed by atoms with E-state index in [4.69, 9.17) is 27.9 Å². The highest BCUT2D eigenvalue weighted by Crippen LogP contribution is 2.53. The zero-order valence-corrected chi connectivity index (χ0v) is 16.0. The molecule has 138 valence electrons. The topological polar surface area (TPSA) is 44.8 Å². The molecule has 2 fully saturated rings. The lowest BCUT2D eigenvalue weighted by Crippen LogP contribution is -2.47. The summed E-state index contributed by atoms with van der Waals surface area (Å²) < 4.78 is 4.37. The van der Waals surface area contributed by atoms with Crippen LogP contribution in [0.5, 0.6) is 5.75 Å². The maximum atomic E-state index is 11.8. The van der Waals surface area contributed by atoms with Gasteiger partial charge in [0.25, 0.3) is 0 Å². The Labute approximate surface area is 159 Å². The van der Waals surface area contributed by atoms with Gasteiger partial charge in [-0.15, -0.1) is 23.2 Å². The molecule has 1 aliphatic heterocycles. The van der Waals surface area contributed by atoms with E-state index < -0.39 is 4.33 Å². The number of ether oxygens (including phenoxy) is 1. The summed E-state index contributed by atoms with van der Waals surface area (Å²) in [5.74, 6) is 0.634. The normalized spacial score (nSPS) is 22.5. The highest BCUT2D eigenvalue weighted by molar-refractivity contribution is 6.52. The van der Waals surface area contributed by atoms with Crippen LogP contribution in [-0.4, -0.2) is 61.5 Å². The molecule has 1 saturated carbocycles. The van der Waals surface area contributed by atoms with Crippen LogP contribution in [0.15, 0.2) is 24.3 Å². The summed E-state index contributed by atoms with van der Waals surface area (Å²) in [6, 6.07) is 8.21. The molecule has 1 aliphatic carbocycles. The van der Waals surface area contributed by atoms with E-state index in [0.717, 1.165) is 44.9 Å². The average Bonchev–Trinajstić information content (AvgIpc) is 3.28. The van der Waals surface area contributed by atoms with Crippen molar-refractivity contribution < 1.29 is 9.53 Å². The Morgan fingerprint density at radius 2 is 1.88 bits per heavy atom. The molecule has 0 aromatic heterocycles. The lowest BCUT2D eigenvalue weighted by molar-refractivity contribution is -0.122. The first-order chi connectivity index (χ1) is 12.0. The van der Waals surface area contributed by atoms with Crippen molar-refractivity contribution in [2.45, 2.75) is 17.2 Å². The van der Waals surface area contributed by atoms with Gasteiger partial charge in [-0.3, -0.25) is 9.69 Å². The maximum Gasteiger partial charge on any atom is 0.226 e. The molecule has 7 heteroatoms. The molecule has 2 aliphatic rings. The minimum atomic E-state index is -0.831. The Bertz CT molecular complexity index is 586. The van der Waals surface area contributed by atoms with Crippen molar-refractivity contribution in [3.05, 3.63) is 24.3 Å². The molecule has 1 unspecified atom stereocenters. The van der Waals surface area contributed by atoms with Gasteiger partial charge < -0.3 is 15.0 Å². The van der Waals surface area contributed by atoms with Crippen molar-refractivity contribution in [2.24, 2.45) is 5.92 Å². The molecule has 3 rings (SSSR count). The van der Waals surface area contributed by atoms with Crippen LogP contribution >= 0.6 is 23.2 Å². The smallest absolute Gasteiger partial charge is 0.226 e. The van der Waals surface area contributed by atoms with Gasteiger partial charge in [0.15, 0.2) is 0 Å². The van der Waals surface area contributed by atoms with Crippen molar-refractivity contribution >= 4 is 34.8 Å². The summed E-state index contributed by atoms with van der Waals surface area (Å²) in [5, 5.41) is 2.93. The Hall–Kier alpha value is -1.17. The molecule has 25 heavy (non-hydrogen) atoms.